The second-order valence-electron chi connectivity index (χ2n) is 3.57. The summed E-state index contributed by atoms with van der Waals surface area (Å²) in [5, 5.41) is 0. The zero-order chi connectivity index (χ0) is 12.0. The van der Waals surface area contributed by atoms with E-state index in [0.717, 1.165) is 29.1 Å². The molecule has 0 saturated heterocycles. The maximum Gasteiger partial charge on any atom is 0.124 e. The largest absolute Gasteiger partial charge is 0.497 e. The zero-order valence-electron chi connectivity index (χ0n) is 9.95. The predicted octanol–water partition coefficient (Wildman–Crippen LogP) is 2.50. The van der Waals surface area contributed by atoms with Crippen molar-refractivity contribution in [3.05, 3.63) is 35.9 Å². The van der Waals surface area contributed by atoms with Gasteiger partial charge < -0.3 is 15.2 Å². The van der Waals surface area contributed by atoms with Gasteiger partial charge in [0.2, 0.25) is 0 Å². The van der Waals surface area contributed by atoms with Crippen molar-refractivity contribution in [3.63, 3.8) is 0 Å². The standard InChI is InChI=1S/C13H19NO2/c1-4-10(2)9-16-13-6-5-12(15-3)7-11(13)8-14/h5-7H,2,4,8-9,14H2,1,3H3. The van der Waals surface area contributed by atoms with Crippen LogP contribution in [0.25, 0.3) is 0 Å². The van der Waals surface area contributed by atoms with E-state index in [9.17, 15) is 0 Å². The quantitative estimate of drug-likeness (QED) is 0.751. The van der Waals surface area contributed by atoms with Crippen molar-refractivity contribution in [2.45, 2.75) is 19.9 Å². The highest BCUT2D eigenvalue weighted by atomic mass is 16.5. The Morgan fingerprint density at radius 2 is 2.19 bits per heavy atom. The van der Waals surface area contributed by atoms with Crippen LogP contribution < -0.4 is 15.2 Å². The first-order chi connectivity index (χ1) is 7.71. The van der Waals surface area contributed by atoms with Gasteiger partial charge >= 0.3 is 0 Å². The molecule has 0 heterocycles. The summed E-state index contributed by atoms with van der Waals surface area (Å²) in [5.74, 6) is 1.60. The lowest BCUT2D eigenvalue weighted by atomic mass is 10.2. The maximum absolute atomic E-state index is 5.66. The number of ether oxygens (including phenoxy) is 2. The fourth-order valence-electron chi connectivity index (χ4n) is 1.26. The van der Waals surface area contributed by atoms with Crippen LogP contribution in [0.15, 0.2) is 30.4 Å². The lowest BCUT2D eigenvalue weighted by Gasteiger charge is -2.12. The summed E-state index contributed by atoms with van der Waals surface area (Å²) in [4.78, 5) is 0. The molecule has 0 aliphatic heterocycles. The van der Waals surface area contributed by atoms with Crippen molar-refractivity contribution >= 4 is 0 Å². The molecule has 3 heteroatoms. The summed E-state index contributed by atoms with van der Waals surface area (Å²) < 4.78 is 10.8. The number of nitrogens with two attached hydrogens (primary N) is 1. The van der Waals surface area contributed by atoms with E-state index in [1.807, 2.05) is 18.2 Å². The first kappa shape index (κ1) is 12.6. The number of rotatable bonds is 6. The molecule has 0 aromatic heterocycles. The van der Waals surface area contributed by atoms with Gasteiger partial charge in [0.15, 0.2) is 0 Å². The van der Waals surface area contributed by atoms with E-state index in [2.05, 4.69) is 13.5 Å². The molecule has 0 saturated carbocycles. The van der Waals surface area contributed by atoms with Gasteiger partial charge in [-0.1, -0.05) is 13.5 Å². The van der Waals surface area contributed by atoms with Crippen molar-refractivity contribution in [2.24, 2.45) is 5.73 Å². The second kappa shape index (κ2) is 6.18. The summed E-state index contributed by atoms with van der Waals surface area (Å²) in [6, 6.07) is 5.64. The summed E-state index contributed by atoms with van der Waals surface area (Å²) in [5.41, 5.74) is 7.67. The van der Waals surface area contributed by atoms with Crippen LogP contribution in [0.4, 0.5) is 0 Å². The van der Waals surface area contributed by atoms with E-state index in [-0.39, 0.29) is 0 Å². The molecule has 0 unspecified atom stereocenters. The first-order valence-corrected chi connectivity index (χ1v) is 5.37. The van der Waals surface area contributed by atoms with E-state index in [1.165, 1.54) is 0 Å². The van der Waals surface area contributed by atoms with Crippen molar-refractivity contribution < 1.29 is 9.47 Å². The average molecular weight is 221 g/mol. The summed E-state index contributed by atoms with van der Waals surface area (Å²) in [7, 11) is 1.63. The normalized spacial score (nSPS) is 9.94. The van der Waals surface area contributed by atoms with Crippen molar-refractivity contribution in [1.82, 2.24) is 0 Å². The van der Waals surface area contributed by atoms with E-state index >= 15 is 0 Å². The molecular formula is C13H19NO2. The number of benzene rings is 1. The Morgan fingerprint density at radius 3 is 2.75 bits per heavy atom. The molecule has 88 valence electrons. The summed E-state index contributed by atoms with van der Waals surface area (Å²) in [6.45, 7) is 6.93. The molecule has 0 radical (unpaired) electrons. The third kappa shape index (κ3) is 3.28. The van der Waals surface area contributed by atoms with Gasteiger partial charge in [-0.2, -0.15) is 0 Å². The summed E-state index contributed by atoms with van der Waals surface area (Å²) >= 11 is 0. The van der Waals surface area contributed by atoms with Gasteiger partial charge in [0.25, 0.3) is 0 Å². The van der Waals surface area contributed by atoms with Crippen LogP contribution in [0.3, 0.4) is 0 Å². The molecule has 0 spiro atoms. The third-order valence-corrected chi connectivity index (χ3v) is 2.42. The van der Waals surface area contributed by atoms with Gasteiger partial charge in [-0.05, 0) is 30.2 Å². The molecule has 1 aromatic carbocycles. The molecular weight excluding hydrogens is 202 g/mol. The SMILES string of the molecule is C=C(CC)COc1ccc(OC)cc1CN. The van der Waals surface area contributed by atoms with Crippen LogP contribution in [0.1, 0.15) is 18.9 Å². The molecule has 0 fully saturated rings. The number of hydrogen-bond acceptors (Lipinski definition) is 3. The van der Waals surface area contributed by atoms with Crippen molar-refractivity contribution in [3.8, 4) is 11.5 Å². The van der Waals surface area contributed by atoms with Gasteiger partial charge in [-0.25, -0.2) is 0 Å². The van der Waals surface area contributed by atoms with Crippen molar-refractivity contribution in [2.75, 3.05) is 13.7 Å². The topological polar surface area (TPSA) is 44.5 Å². The minimum absolute atomic E-state index is 0.436. The first-order valence-electron chi connectivity index (χ1n) is 5.37. The summed E-state index contributed by atoms with van der Waals surface area (Å²) in [6.07, 6.45) is 0.925. The number of hydrogen-bond donors (Lipinski definition) is 1. The molecule has 0 bridgehead atoms. The molecule has 0 aliphatic rings. The van der Waals surface area contributed by atoms with Crippen molar-refractivity contribution in [1.29, 1.82) is 0 Å². The van der Waals surface area contributed by atoms with Gasteiger partial charge in [0.05, 0.1) is 7.11 Å². The fraction of sp³-hybridized carbons (Fsp3) is 0.385. The van der Waals surface area contributed by atoms with Gasteiger partial charge in [-0.3, -0.25) is 0 Å². The molecule has 0 atom stereocenters. The highest BCUT2D eigenvalue weighted by molar-refractivity contribution is 5.40. The molecule has 0 aliphatic carbocycles. The zero-order valence-corrected chi connectivity index (χ0v) is 9.95. The minimum Gasteiger partial charge on any atom is -0.497 e. The Kier molecular flexibility index (Phi) is 4.86. The molecule has 1 aromatic rings. The Hall–Kier alpha value is -1.48. The Morgan fingerprint density at radius 1 is 1.44 bits per heavy atom. The highest BCUT2D eigenvalue weighted by Crippen LogP contribution is 2.24. The lowest BCUT2D eigenvalue weighted by Crippen LogP contribution is -2.05. The molecule has 1 rings (SSSR count). The van der Waals surface area contributed by atoms with Gasteiger partial charge in [0, 0.05) is 12.1 Å². The Bertz CT molecular complexity index is 361. The molecule has 3 nitrogen and oxygen atoms in total. The predicted molar refractivity (Wildman–Crippen MR) is 65.8 cm³/mol. The van der Waals surface area contributed by atoms with E-state index in [4.69, 9.17) is 15.2 Å². The van der Waals surface area contributed by atoms with E-state index in [0.29, 0.717) is 13.2 Å². The average Bonchev–Trinajstić information content (AvgIpc) is 2.35. The molecule has 2 N–H and O–H groups in total. The fourth-order valence-corrected chi connectivity index (χ4v) is 1.26. The van der Waals surface area contributed by atoms with Crippen LogP contribution in [0, 0.1) is 0 Å². The maximum atomic E-state index is 5.66. The minimum atomic E-state index is 0.436. The van der Waals surface area contributed by atoms with Crippen LogP contribution in [-0.4, -0.2) is 13.7 Å². The Balaban J connectivity index is 2.75. The number of methoxy groups -OCH3 is 1. The van der Waals surface area contributed by atoms with Gasteiger partial charge in [0.1, 0.15) is 18.1 Å². The monoisotopic (exact) mass is 221 g/mol. The van der Waals surface area contributed by atoms with Gasteiger partial charge in [-0.15, -0.1) is 0 Å². The third-order valence-electron chi connectivity index (χ3n) is 2.42. The smallest absolute Gasteiger partial charge is 0.124 e. The van der Waals surface area contributed by atoms with E-state index < -0.39 is 0 Å². The van der Waals surface area contributed by atoms with Crippen LogP contribution >= 0.6 is 0 Å². The van der Waals surface area contributed by atoms with Crippen LogP contribution in [0.5, 0.6) is 11.5 Å². The molecule has 16 heavy (non-hydrogen) atoms. The van der Waals surface area contributed by atoms with Crippen LogP contribution in [0.2, 0.25) is 0 Å². The Labute approximate surface area is 96.9 Å². The lowest BCUT2D eigenvalue weighted by molar-refractivity contribution is 0.343. The highest BCUT2D eigenvalue weighted by Gasteiger charge is 2.04. The van der Waals surface area contributed by atoms with E-state index in [1.54, 1.807) is 7.11 Å². The molecule has 0 amide bonds. The second-order valence-corrected chi connectivity index (χ2v) is 3.57. The van der Waals surface area contributed by atoms with Crippen LogP contribution in [-0.2, 0) is 6.54 Å².